The first kappa shape index (κ1) is 33.5. The first-order valence-corrected chi connectivity index (χ1v) is 19.1. The molecule has 1 saturated carbocycles. The molecule has 0 aliphatic heterocycles. The van der Waals surface area contributed by atoms with E-state index in [9.17, 15) is 18.4 Å². The maximum atomic E-state index is 14.0. The molecule has 0 spiro atoms. The van der Waals surface area contributed by atoms with E-state index in [2.05, 4.69) is 48.7 Å². The van der Waals surface area contributed by atoms with Crippen molar-refractivity contribution in [2.45, 2.75) is 95.5 Å². The van der Waals surface area contributed by atoms with Gasteiger partial charge in [0, 0.05) is 47.3 Å². The van der Waals surface area contributed by atoms with Crippen molar-refractivity contribution in [3.05, 3.63) is 66.2 Å². The van der Waals surface area contributed by atoms with E-state index in [1.54, 1.807) is 56.0 Å². The monoisotopic (exact) mass is 656 g/mol. The lowest BCUT2D eigenvalue weighted by Crippen LogP contribution is -2.60. The van der Waals surface area contributed by atoms with Crippen LogP contribution in [0.5, 0.6) is 0 Å². The highest BCUT2D eigenvalue weighted by molar-refractivity contribution is 7.90. The molecule has 1 fully saturated rings. The Bertz CT molecular complexity index is 1680. The quantitative estimate of drug-likeness (QED) is 0.117. The van der Waals surface area contributed by atoms with Crippen molar-refractivity contribution in [3.8, 4) is 17.2 Å². The number of alkyl halides is 2. The van der Waals surface area contributed by atoms with Crippen LogP contribution < -0.4 is 4.72 Å². The van der Waals surface area contributed by atoms with Gasteiger partial charge in [0.05, 0.1) is 35.4 Å². The minimum atomic E-state index is -2.89. The van der Waals surface area contributed by atoms with Gasteiger partial charge in [0.25, 0.3) is 5.95 Å². The zero-order chi connectivity index (χ0) is 33.0. The number of pyridine rings is 1. The molecule has 242 valence electrons. The summed E-state index contributed by atoms with van der Waals surface area (Å²) in [6, 6.07) is 12.6. The van der Waals surface area contributed by atoms with Crippen LogP contribution in [0, 0.1) is 5.92 Å². The van der Waals surface area contributed by atoms with Crippen molar-refractivity contribution in [2.24, 2.45) is 5.92 Å². The summed E-state index contributed by atoms with van der Waals surface area (Å²) in [4.78, 5) is 13.9. The first-order valence-electron chi connectivity index (χ1n) is 15.0. The average Bonchev–Trinajstić information content (AvgIpc) is 3.37. The highest BCUT2D eigenvalue weighted by atomic mass is 32.2. The van der Waals surface area contributed by atoms with Crippen molar-refractivity contribution in [1.82, 2.24) is 29.5 Å². The Balaban J connectivity index is 1.47. The fourth-order valence-electron chi connectivity index (χ4n) is 4.78. The van der Waals surface area contributed by atoms with E-state index in [-0.39, 0.29) is 10.7 Å². The van der Waals surface area contributed by atoms with Gasteiger partial charge in [0.2, 0.25) is 11.6 Å². The number of aliphatic hydroxyl groups is 1. The van der Waals surface area contributed by atoms with E-state index >= 15 is 0 Å². The van der Waals surface area contributed by atoms with Gasteiger partial charge in [-0.05, 0) is 63.2 Å². The Morgan fingerprint density at radius 3 is 2.44 bits per heavy atom. The van der Waals surface area contributed by atoms with Gasteiger partial charge in [0.1, 0.15) is 4.75 Å². The molecular weight excluding hydrogens is 615 g/mol. The van der Waals surface area contributed by atoms with Crippen LogP contribution in [0.2, 0.25) is 18.1 Å². The maximum Gasteiger partial charge on any atom is 0.251 e. The molecule has 1 aromatic carbocycles. The fourth-order valence-corrected chi connectivity index (χ4v) is 6.58. The molecule has 0 amide bonds. The Morgan fingerprint density at radius 2 is 1.80 bits per heavy atom. The number of nitrogens with one attached hydrogen (secondary N) is 1. The van der Waals surface area contributed by atoms with E-state index in [0.29, 0.717) is 23.8 Å². The molecule has 13 heteroatoms. The lowest BCUT2D eigenvalue weighted by Gasteiger charge is -2.45. The maximum absolute atomic E-state index is 14.0. The summed E-state index contributed by atoms with van der Waals surface area (Å²) >= 11 is -1.74. The second-order valence-corrected chi connectivity index (χ2v) is 21.1. The molecule has 0 bridgehead atoms. The van der Waals surface area contributed by atoms with E-state index in [1.165, 1.54) is 0 Å². The third-order valence-corrected chi connectivity index (χ3v) is 14.9. The molecule has 3 heterocycles. The molecule has 0 radical (unpaired) electrons. The number of rotatable bonds is 9. The molecule has 1 aliphatic carbocycles. The van der Waals surface area contributed by atoms with Gasteiger partial charge in [-0.3, -0.25) is 0 Å². The SMILES string of the molecule is CC(C)(C)[S+]([O-])NC(O)(c1cccc(-c2ccc3cnn(-c4nccc(CO[Si](C)(C)C(C)(C)C)n4)c3c2)n1)C1CC(F)(F)C1. The molecule has 2 unspecified atom stereocenters. The summed E-state index contributed by atoms with van der Waals surface area (Å²) in [6.45, 7) is 16.6. The predicted molar refractivity (Wildman–Crippen MR) is 174 cm³/mol. The van der Waals surface area contributed by atoms with Crippen LogP contribution in [0.15, 0.2) is 54.9 Å². The van der Waals surface area contributed by atoms with Crippen LogP contribution in [0.25, 0.3) is 28.1 Å². The lowest BCUT2D eigenvalue weighted by molar-refractivity contribution is -0.185. The molecule has 1 aliphatic rings. The number of hydrogen-bond acceptors (Lipinski definition) is 8. The third kappa shape index (κ3) is 6.98. The number of aromatic nitrogens is 5. The summed E-state index contributed by atoms with van der Waals surface area (Å²) < 4.78 is 51.0. The minimum absolute atomic E-state index is 0.0706. The first-order chi connectivity index (χ1) is 20.8. The van der Waals surface area contributed by atoms with Crippen molar-refractivity contribution in [2.75, 3.05) is 0 Å². The summed E-state index contributed by atoms with van der Waals surface area (Å²) in [7, 11) is -1.98. The zero-order valence-electron chi connectivity index (χ0n) is 27.1. The summed E-state index contributed by atoms with van der Waals surface area (Å²) in [6.07, 6.45) is 2.35. The molecule has 5 rings (SSSR count). The molecule has 2 N–H and O–H groups in total. The van der Waals surface area contributed by atoms with Crippen LogP contribution >= 0.6 is 0 Å². The fraction of sp³-hybridized carbons (Fsp3) is 0.500. The van der Waals surface area contributed by atoms with Gasteiger partial charge in [-0.2, -0.15) is 9.78 Å². The molecular formula is C32H42F2N6O3SSi. The second-order valence-electron chi connectivity index (χ2n) is 14.3. The van der Waals surface area contributed by atoms with Gasteiger partial charge in [0.15, 0.2) is 8.32 Å². The standard InChI is InChI=1S/C32H42F2N6O3SSi/c1-29(2,3)44(42)39-32(41,23-17-31(33,34)18-23)27-11-9-10-25(38-27)21-12-13-22-19-36-40(26(22)16-21)28-35-15-14-24(37-28)20-43-45(7,8)30(4,5)6/h9-16,19,23,39,41H,17-18,20H2,1-8H3. The molecule has 45 heavy (non-hydrogen) atoms. The normalized spacial score (nSPS) is 18.0. The van der Waals surface area contributed by atoms with Crippen molar-refractivity contribution in [3.63, 3.8) is 0 Å². The van der Waals surface area contributed by atoms with Crippen molar-refractivity contribution < 1.29 is 22.9 Å². The largest absolute Gasteiger partial charge is 0.598 e. The molecule has 2 atom stereocenters. The third-order valence-electron chi connectivity index (χ3n) is 8.77. The number of fused-ring (bicyclic) bond motifs is 1. The highest BCUT2D eigenvalue weighted by Gasteiger charge is 2.58. The number of nitrogens with zero attached hydrogens (tertiary/aromatic N) is 5. The Labute approximate surface area is 267 Å². The van der Waals surface area contributed by atoms with Gasteiger partial charge >= 0.3 is 0 Å². The van der Waals surface area contributed by atoms with Crippen LogP contribution in [0.1, 0.15) is 65.8 Å². The highest BCUT2D eigenvalue weighted by Crippen LogP contribution is 2.50. The van der Waals surface area contributed by atoms with E-state index in [4.69, 9.17) is 14.4 Å². The summed E-state index contributed by atoms with van der Waals surface area (Å²) in [5.74, 6) is -3.36. The number of benzene rings is 1. The molecule has 3 aromatic heterocycles. The minimum Gasteiger partial charge on any atom is -0.598 e. The Morgan fingerprint density at radius 1 is 1.09 bits per heavy atom. The molecule has 9 nitrogen and oxygen atoms in total. The Hall–Kier alpha value is -2.81. The van der Waals surface area contributed by atoms with Gasteiger partial charge in [-0.15, -0.1) is 4.72 Å². The van der Waals surface area contributed by atoms with E-state index in [0.717, 1.165) is 16.6 Å². The van der Waals surface area contributed by atoms with E-state index in [1.807, 2.05) is 24.3 Å². The lowest BCUT2D eigenvalue weighted by atomic mass is 9.73. The van der Waals surface area contributed by atoms with Crippen LogP contribution in [0.3, 0.4) is 0 Å². The smallest absolute Gasteiger partial charge is 0.251 e. The predicted octanol–water partition coefficient (Wildman–Crippen LogP) is 6.64. The van der Waals surface area contributed by atoms with Gasteiger partial charge in [-0.25, -0.2) is 23.7 Å². The van der Waals surface area contributed by atoms with Crippen molar-refractivity contribution in [1.29, 1.82) is 0 Å². The average molecular weight is 657 g/mol. The van der Waals surface area contributed by atoms with Gasteiger partial charge < -0.3 is 14.1 Å². The van der Waals surface area contributed by atoms with Crippen LogP contribution in [-0.2, 0) is 28.1 Å². The van der Waals surface area contributed by atoms with Crippen LogP contribution in [-0.4, -0.2) is 53.4 Å². The second kappa shape index (κ2) is 11.8. The topological polar surface area (TPSA) is 121 Å². The van der Waals surface area contributed by atoms with Crippen LogP contribution in [0.4, 0.5) is 8.78 Å². The summed E-state index contributed by atoms with van der Waals surface area (Å²) in [5, 5.41) is 17.3. The number of halogens is 2. The van der Waals surface area contributed by atoms with Crippen molar-refractivity contribution >= 4 is 30.6 Å². The van der Waals surface area contributed by atoms with E-state index < -0.39 is 54.8 Å². The van der Waals surface area contributed by atoms with Gasteiger partial charge in [-0.1, -0.05) is 39.0 Å². The summed E-state index contributed by atoms with van der Waals surface area (Å²) in [5.41, 5.74) is 0.823. The molecule has 0 saturated heterocycles. The zero-order valence-corrected chi connectivity index (χ0v) is 28.9. The molecule has 4 aromatic rings. The Kier molecular flexibility index (Phi) is 8.77. The number of hydrogen-bond donors (Lipinski definition) is 2.